The number of fused-ring (bicyclic) bond motifs is 2. The molecule has 0 radical (unpaired) electrons. The van der Waals surface area contributed by atoms with E-state index in [0.29, 0.717) is 25.0 Å². The van der Waals surface area contributed by atoms with E-state index in [1.54, 1.807) is 6.92 Å². The molecule has 0 saturated heterocycles. The third-order valence-electron chi connectivity index (χ3n) is 5.73. The smallest absolute Gasteiger partial charge is 0.138 e. The highest BCUT2D eigenvalue weighted by atomic mass is 16.1. The van der Waals surface area contributed by atoms with Crippen LogP contribution in [0.15, 0.2) is 6.20 Å². The van der Waals surface area contributed by atoms with Crippen LogP contribution < -0.4 is 0 Å². The summed E-state index contributed by atoms with van der Waals surface area (Å²) >= 11 is 0. The highest BCUT2D eigenvalue weighted by Crippen LogP contribution is 2.35. The first-order valence-electron chi connectivity index (χ1n) is 8.72. The minimum atomic E-state index is -0.542. The lowest BCUT2D eigenvalue weighted by molar-refractivity contribution is -0.131. The molecule has 0 aliphatic carbocycles. The number of nitrogens with zero attached hydrogens (tertiary/aromatic N) is 3. The molecule has 2 bridgehead atoms. The molecule has 0 aromatic carbocycles. The van der Waals surface area contributed by atoms with Crippen LogP contribution in [0.3, 0.4) is 0 Å². The van der Waals surface area contributed by atoms with Crippen LogP contribution in [-0.4, -0.2) is 26.6 Å². The molecule has 5 nitrogen and oxygen atoms in total. The van der Waals surface area contributed by atoms with Crippen molar-refractivity contribution >= 4 is 11.6 Å². The molecular weight excluding hydrogens is 290 g/mol. The Labute approximate surface area is 138 Å². The van der Waals surface area contributed by atoms with E-state index in [0.717, 1.165) is 37.9 Å². The fourth-order valence-electron chi connectivity index (χ4n) is 3.31. The molecule has 1 aromatic rings. The predicted molar refractivity (Wildman–Crippen MR) is 89.0 cm³/mol. The Morgan fingerprint density at radius 3 is 2.70 bits per heavy atom. The normalized spacial score (nSPS) is 30.2. The summed E-state index contributed by atoms with van der Waals surface area (Å²) in [6, 6.07) is 0. The Morgan fingerprint density at radius 1 is 1.30 bits per heavy atom. The molecule has 0 spiro atoms. The van der Waals surface area contributed by atoms with Gasteiger partial charge in [0, 0.05) is 36.4 Å². The summed E-state index contributed by atoms with van der Waals surface area (Å²) < 4.78 is 1.86. The van der Waals surface area contributed by atoms with Gasteiger partial charge in [-0.1, -0.05) is 32.4 Å². The molecular formula is C18H29N3O2. The van der Waals surface area contributed by atoms with E-state index >= 15 is 0 Å². The van der Waals surface area contributed by atoms with Crippen molar-refractivity contribution in [2.45, 2.75) is 79.2 Å². The lowest BCUT2D eigenvalue weighted by Gasteiger charge is -2.30. The Morgan fingerprint density at radius 2 is 2.04 bits per heavy atom. The molecule has 5 heteroatoms. The quantitative estimate of drug-likeness (QED) is 0.838. The fraction of sp³-hybridized carbons (Fsp3) is 0.778. The highest BCUT2D eigenvalue weighted by molar-refractivity contribution is 5.86. The maximum absolute atomic E-state index is 12.8. The summed E-state index contributed by atoms with van der Waals surface area (Å²) in [6.07, 6.45) is 7.32. The zero-order valence-electron chi connectivity index (χ0n) is 14.9. The van der Waals surface area contributed by atoms with Gasteiger partial charge in [0.2, 0.25) is 0 Å². The van der Waals surface area contributed by atoms with E-state index in [9.17, 15) is 9.59 Å². The predicted octanol–water partition coefficient (Wildman–Crippen LogP) is 3.37. The second-order valence-corrected chi connectivity index (χ2v) is 7.56. The number of aryl methyl sites for hydroxylation is 1. The zero-order chi connectivity index (χ0) is 17.1. The largest absolute Gasteiger partial charge is 0.299 e. The van der Waals surface area contributed by atoms with E-state index in [1.165, 1.54) is 0 Å². The Bertz CT molecular complexity index is 581. The lowest BCUT2D eigenvalue weighted by Crippen LogP contribution is -2.33. The summed E-state index contributed by atoms with van der Waals surface area (Å²) in [5.41, 5.74) is 0.0326. The molecule has 2 rings (SSSR count). The van der Waals surface area contributed by atoms with Crippen LogP contribution in [0.1, 0.15) is 71.9 Å². The molecule has 2 atom stereocenters. The number of hydrogen-bond acceptors (Lipinski definition) is 4. The van der Waals surface area contributed by atoms with Crippen LogP contribution in [-0.2, 0) is 22.6 Å². The summed E-state index contributed by atoms with van der Waals surface area (Å²) in [6.45, 7) is 8.55. The Kier molecular flexibility index (Phi) is 5.37. The summed E-state index contributed by atoms with van der Waals surface area (Å²) in [5, 5.41) is 8.37. The SMILES string of the molecule is CC[C@@]1(C)CCCCn2cc(nn2)C[C@@](C)(C(C)=O)CCC1=O. The molecule has 0 amide bonds. The first kappa shape index (κ1) is 17.8. The Balaban J connectivity index is 2.27. The molecule has 128 valence electrons. The van der Waals surface area contributed by atoms with Crippen molar-refractivity contribution in [1.29, 1.82) is 0 Å². The molecule has 23 heavy (non-hydrogen) atoms. The number of ketones is 2. The third-order valence-corrected chi connectivity index (χ3v) is 5.73. The van der Waals surface area contributed by atoms with Crippen molar-refractivity contribution in [3.8, 4) is 0 Å². The molecule has 0 saturated carbocycles. The van der Waals surface area contributed by atoms with Crippen molar-refractivity contribution in [3.05, 3.63) is 11.9 Å². The van der Waals surface area contributed by atoms with Crippen LogP contribution >= 0.6 is 0 Å². The monoisotopic (exact) mass is 319 g/mol. The minimum Gasteiger partial charge on any atom is -0.299 e. The van der Waals surface area contributed by atoms with Crippen LogP contribution in [0, 0.1) is 10.8 Å². The van der Waals surface area contributed by atoms with E-state index in [4.69, 9.17) is 0 Å². The second kappa shape index (κ2) is 6.93. The molecule has 1 aliphatic heterocycles. The third kappa shape index (κ3) is 4.06. The van der Waals surface area contributed by atoms with E-state index in [-0.39, 0.29) is 11.2 Å². The highest BCUT2D eigenvalue weighted by Gasteiger charge is 2.36. The van der Waals surface area contributed by atoms with Gasteiger partial charge in [-0.3, -0.25) is 14.3 Å². The first-order chi connectivity index (χ1) is 10.8. The van der Waals surface area contributed by atoms with Gasteiger partial charge in [0.05, 0.1) is 5.69 Å². The van der Waals surface area contributed by atoms with Crippen molar-refractivity contribution in [3.63, 3.8) is 0 Å². The fourth-order valence-corrected chi connectivity index (χ4v) is 3.31. The standard InChI is InChI=1S/C18H29N3O2/c1-5-17(3)9-6-7-11-21-13-15(19-20-21)12-18(4,14(2)22)10-8-16(17)23/h13H,5-12H2,1-4H3/t17-,18-/m0/s1. The van der Waals surface area contributed by atoms with Gasteiger partial charge in [-0.25, -0.2) is 0 Å². The number of Topliss-reactive ketones (excluding diaryl/α,β-unsaturated/α-hetero) is 2. The van der Waals surface area contributed by atoms with Gasteiger partial charge in [-0.05, 0) is 32.6 Å². The Hall–Kier alpha value is -1.52. The summed E-state index contributed by atoms with van der Waals surface area (Å²) in [4.78, 5) is 25.0. The lowest BCUT2D eigenvalue weighted by atomic mass is 9.72. The van der Waals surface area contributed by atoms with Crippen LogP contribution in [0.4, 0.5) is 0 Å². The van der Waals surface area contributed by atoms with Crippen LogP contribution in [0.25, 0.3) is 0 Å². The number of aromatic nitrogens is 3. The molecule has 2 heterocycles. The average Bonchev–Trinajstić information content (AvgIpc) is 2.95. The molecule has 0 fully saturated rings. The maximum Gasteiger partial charge on any atom is 0.138 e. The van der Waals surface area contributed by atoms with E-state index in [1.807, 2.05) is 17.8 Å². The topological polar surface area (TPSA) is 64.8 Å². The van der Waals surface area contributed by atoms with Crippen molar-refractivity contribution < 1.29 is 9.59 Å². The van der Waals surface area contributed by atoms with Gasteiger partial charge < -0.3 is 0 Å². The van der Waals surface area contributed by atoms with Crippen LogP contribution in [0.5, 0.6) is 0 Å². The second-order valence-electron chi connectivity index (χ2n) is 7.56. The van der Waals surface area contributed by atoms with Gasteiger partial charge in [-0.2, -0.15) is 0 Å². The zero-order valence-corrected chi connectivity index (χ0v) is 14.9. The van der Waals surface area contributed by atoms with E-state index < -0.39 is 5.41 Å². The molecule has 0 N–H and O–H groups in total. The number of hydrogen-bond donors (Lipinski definition) is 0. The molecule has 1 aliphatic rings. The number of carbonyl (C=O) groups excluding carboxylic acids is 2. The average molecular weight is 319 g/mol. The number of carbonyl (C=O) groups is 2. The molecule has 1 aromatic heterocycles. The summed E-state index contributed by atoms with van der Waals surface area (Å²) in [5.74, 6) is 0.417. The van der Waals surface area contributed by atoms with Crippen molar-refractivity contribution in [2.24, 2.45) is 10.8 Å². The van der Waals surface area contributed by atoms with Crippen molar-refractivity contribution in [2.75, 3.05) is 0 Å². The minimum absolute atomic E-state index is 0.118. The van der Waals surface area contributed by atoms with Gasteiger partial charge in [-0.15, -0.1) is 5.10 Å². The van der Waals surface area contributed by atoms with Gasteiger partial charge in [0.25, 0.3) is 0 Å². The summed E-state index contributed by atoms with van der Waals surface area (Å²) in [7, 11) is 0. The number of rotatable bonds is 2. The van der Waals surface area contributed by atoms with Gasteiger partial charge >= 0.3 is 0 Å². The van der Waals surface area contributed by atoms with Gasteiger partial charge in [0.1, 0.15) is 11.6 Å². The van der Waals surface area contributed by atoms with Crippen molar-refractivity contribution in [1.82, 2.24) is 15.0 Å². The van der Waals surface area contributed by atoms with Crippen LogP contribution in [0.2, 0.25) is 0 Å². The molecule has 0 unspecified atom stereocenters. The van der Waals surface area contributed by atoms with E-state index in [2.05, 4.69) is 24.2 Å². The first-order valence-corrected chi connectivity index (χ1v) is 8.72. The van der Waals surface area contributed by atoms with Gasteiger partial charge in [0.15, 0.2) is 0 Å². The maximum atomic E-state index is 12.8.